The first kappa shape index (κ1) is 14.6. The Labute approximate surface area is 124 Å². The summed E-state index contributed by atoms with van der Waals surface area (Å²) in [5, 5.41) is 2.79. The number of carbonyl (C=O) groups excluding carboxylic acids is 1. The second-order valence-electron chi connectivity index (χ2n) is 4.47. The molecule has 0 saturated carbocycles. The van der Waals surface area contributed by atoms with E-state index < -0.39 is 6.09 Å². The minimum atomic E-state index is -0.473. The summed E-state index contributed by atoms with van der Waals surface area (Å²) in [6, 6.07) is 18.9. The van der Waals surface area contributed by atoms with E-state index in [9.17, 15) is 4.79 Å². The number of carbonyl (C=O) groups is 1. The second kappa shape index (κ2) is 7.73. The topological polar surface area (TPSA) is 38.3 Å². The summed E-state index contributed by atoms with van der Waals surface area (Å²) in [5.41, 5.74) is 4.60. The van der Waals surface area contributed by atoms with Crippen molar-refractivity contribution in [3.8, 4) is 0 Å². The van der Waals surface area contributed by atoms with E-state index in [1.165, 1.54) is 0 Å². The van der Waals surface area contributed by atoms with Gasteiger partial charge in [0.2, 0.25) is 0 Å². The molecule has 1 amide bonds. The molecule has 21 heavy (non-hydrogen) atoms. The first-order valence-corrected chi connectivity index (χ1v) is 6.67. The number of alkyl carbamates (subject to hydrolysis) is 1. The zero-order valence-corrected chi connectivity index (χ0v) is 11.7. The Balaban J connectivity index is 1.94. The molecule has 0 aliphatic heterocycles. The fraction of sp³-hybridized carbons (Fsp3) is 0.111. The summed E-state index contributed by atoms with van der Waals surface area (Å²) < 4.78 is 5.21. The monoisotopic (exact) mass is 279 g/mol. The minimum Gasteiger partial charge on any atom is -0.445 e. The van der Waals surface area contributed by atoms with E-state index in [1.54, 1.807) is 6.08 Å². The molecular formula is C18H17NO2. The van der Waals surface area contributed by atoms with E-state index >= 15 is 0 Å². The van der Waals surface area contributed by atoms with Crippen molar-refractivity contribution >= 4 is 6.09 Å². The molecule has 0 saturated heterocycles. The lowest BCUT2D eigenvalue weighted by molar-refractivity contribution is 0.137. The Morgan fingerprint density at radius 2 is 1.76 bits per heavy atom. The molecule has 0 radical (unpaired) electrons. The highest BCUT2D eigenvalue weighted by Gasteiger charge is 2.12. The standard InChI is InChI=1S/C18H17NO2/c1-2-9-17(16-12-7-4-8-13-16)19-18(20)21-14-15-10-5-3-6-11-15/h3-13,17H,1,14H2,(H,19,20)/t17-/m1/s1. The molecule has 0 bridgehead atoms. The van der Waals surface area contributed by atoms with Crippen LogP contribution in [0.4, 0.5) is 4.79 Å². The lowest BCUT2D eigenvalue weighted by Crippen LogP contribution is -2.27. The number of rotatable bonds is 5. The van der Waals surface area contributed by atoms with E-state index in [0.717, 1.165) is 11.1 Å². The van der Waals surface area contributed by atoms with Gasteiger partial charge in [-0.3, -0.25) is 0 Å². The van der Waals surface area contributed by atoms with Gasteiger partial charge >= 0.3 is 6.09 Å². The molecule has 106 valence electrons. The van der Waals surface area contributed by atoms with Crippen molar-refractivity contribution in [2.45, 2.75) is 12.6 Å². The maximum absolute atomic E-state index is 11.9. The Morgan fingerprint density at radius 1 is 1.14 bits per heavy atom. The van der Waals surface area contributed by atoms with Gasteiger partial charge in [0.15, 0.2) is 0 Å². The molecule has 0 heterocycles. The average molecular weight is 279 g/mol. The molecular weight excluding hydrogens is 262 g/mol. The van der Waals surface area contributed by atoms with Crippen molar-refractivity contribution in [1.82, 2.24) is 5.32 Å². The maximum Gasteiger partial charge on any atom is 0.408 e. The molecule has 1 N–H and O–H groups in total. The molecule has 1 atom stereocenters. The maximum atomic E-state index is 11.9. The zero-order chi connectivity index (χ0) is 14.9. The molecule has 3 nitrogen and oxygen atoms in total. The largest absolute Gasteiger partial charge is 0.445 e. The van der Waals surface area contributed by atoms with Crippen LogP contribution in [0.3, 0.4) is 0 Å². The number of nitrogens with one attached hydrogen (secondary N) is 1. The SMILES string of the molecule is C=C=C[C@@H](NC(=O)OCc1ccccc1)c1ccccc1. The van der Waals surface area contributed by atoms with Gasteiger partial charge in [-0.05, 0) is 17.2 Å². The molecule has 0 aliphatic rings. The lowest BCUT2D eigenvalue weighted by atomic mass is 10.1. The molecule has 0 aliphatic carbocycles. The molecule has 0 fully saturated rings. The zero-order valence-electron chi connectivity index (χ0n) is 11.7. The van der Waals surface area contributed by atoms with Crippen LogP contribution in [0, 0.1) is 0 Å². The van der Waals surface area contributed by atoms with E-state index in [2.05, 4.69) is 17.6 Å². The number of hydrogen-bond donors (Lipinski definition) is 1. The van der Waals surface area contributed by atoms with Crippen LogP contribution < -0.4 is 5.32 Å². The molecule has 2 aromatic carbocycles. The van der Waals surface area contributed by atoms with Crippen LogP contribution in [0.25, 0.3) is 0 Å². The molecule has 2 rings (SSSR count). The van der Waals surface area contributed by atoms with Gasteiger partial charge < -0.3 is 10.1 Å². The van der Waals surface area contributed by atoms with E-state index in [4.69, 9.17) is 4.74 Å². The first-order chi connectivity index (χ1) is 10.3. The highest BCUT2D eigenvalue weighted by molar-refractivity contribution is 5.68. The number of ether oxygens (including phenoxy) is 1. The third-order valence-corrected chi connectivity index (χ3v) is 2.93. The van der Waals surface area contributed by atoms with Crippen molar-refractivity contribution in [3.63, 3.8) is 0 Å². The van der Waals surface area contributed by atoms with E-state index in [-0.39, 0.29) is 12.6 Å². The molecule has 3 heteroatoms. The third kappa shape index (κ3) is 4.68. The van der Waals surface area contributed by atoms with Gasteiger partial charge in [0, 0.05) is 0 Å². The summed E-state index contributed by atoms with van der Waals surface area (Å²) in [6.45, 7) is 3.80. The summed E-state index contributed by atoms with van der Waals surface area (Å²) in [4.78, 5) is 11.9. The van der Waals surface area contributed by atoms with Gasteiger partial charge in [-0.1, -0.05) is 67.2 Å². The van der Waals surface area contributed by atoms with Crippen LogP contribution in [0.2, 0.25) is 0 Å². The number of benzene rings is 2. The summed E-state index contributed by atoms with van der Waals surface area (Å²) in [7, 11) is 0. The average Bonchev–Trinajstić information content (AvgIpc) is 2.54. The van der Waals surface area contributed by atoms with Crippen molar-refractivity contribution in [1.29, 1.82) is 0 Å². The Bertz CT molecular complexity index is 616. The van der Waals surface area contributed by atoms with Crippen molar-refractivity contribution in [2.24, 2.45) is 0 Å². The van der Waals surface area contributed by atoms with Crippen LogP contribution in [-0.2, 0) is 11.3 Å². The van der Waals surface area contributed by atoms with Crippen LogP contribution in [0.15, 0.2) is 79.0 Å². The lowest BCUT2D eigenvalue weighted by Gasteiger charge is -2.14. The number of amides is 1. The van der Waals surface area contributed by atoms with Gasteiger partial charge in [-0.25, -0.2) is 4.79 Å². The predicted octanol–water partition coefficient (Wildman–Crippen LogP) is 4.00. The van der Waals surface area contributed by atoms with E-state index in [0.29, 0.717) is 0 Å². The Kier molecular flexibility index (Phi) is 5.39. The Morgan fingerprint density at radius 3 is 2.38 bits per heavy atom. The summed E-state index contributed by atoms with van der Waals surface area (Å²) in [5.74, 6) is 0. The van der Waals surface area contributed by atoms with Crippen molar-refractivity contribution in [2.75, 3.05) is 0 Å². The third-order valence-electron chi connectivity index (χ3n) is 2.93. The minimum absolute atomic E-state index is 0.242. The highest BCUT2D eigenvalue weighted by atomic mass is 16.5. The van der Waals surface area contributed by atoms with Crippen LogP contribution >= 0.6 is 0 Å². The van der Waals surface area contributed by atoms with Gasteiger partial charge in [0.1, 0.15) is 6.61 Å². The normalized spacial score (nSPS) is 11.0. The molecule has 0 unspecified atom stereocenters. The number of hydrogen-bond acceptors (Lipinski definition) is 2. The quantitative estimate of drug-likeness (QED) is 0.840. The smallest absolute Gasteiger partial charge is 0.408 e. The molecule has 0 spiro atoms. The molecule has 0 aromatic heterocycles. The first-order valence-electron chi connectivity index (χ1n) is 6.67. The summed E-state index contributed by atoms with van der Waals surface area (Å²) in [6.07, 6.45) is 1.22. The van der Waals surface area contributed by atoms with Gasteiger partial charge in [0.25, 0.3) is 0 Å². The second-order valence-corrected chi connectivity index (χ2v) is 4.47. The fourth-order valence-corrected chi connectivity index (χ4v) is 1.89. The summed E-state index contributed by atoms with van der Waals surface area (Å²) >= 11 is 0. The van der Waals surface area contributed by atoms with Gasteiger partial charge in [-0.2, -0.15) is 0 Å². The van der Waals surface area contributed by atoms with E-state index in [1.807, 2.05) is 60.7 Å². The van der Waals surface area contributed by atoms with Crippen molar-refractivity contribution in [3.05, 3.63) is 90.2 Å². The highest BCUT2D eigenvalue weighted by Crippen LogP contribution is 2.13. The molecule has 2 aromatic rings. The van der Waals surface area contributed by atoms with Crippen molar-refractivity contribution < 1.29 is 9.53 Å². The van der Waals surface area contributed by atoms with Gasteiger partial charge in [-0.15, -0.1) is 5.73 Å². The van der Waals surface area contributed by atoms with Crippen LogP contribution in [0.5, 0.6) is 0 Å². The van der Waals surface area contributed by atoms with Crippen LogP contribution in [-0.4, -0.2) is 6.09 Å². The van der Waals surface area contributed by atoms with Crippen LogP contribution in [0.1, 0.15) is 17.2 Å². The predicted molar refractivity (Wildman–Crippen MR) is 82.7 cm³/mol. The van der Waals surface area contributed by atoms with Gasteiger partial charge in [0.05, 0.1) is 6.04 Å². The fourth-order valence-electron chi connectivity index (χ4n) is 1.89. The Hall–Kier alpha value is -2.77.